The summed E-state index contributed by atoms with van der Waals surface area (Å²) in [5.74, 6) is 0.792. The summed E-state index contributed by atoms with van der Waals surface area (Å²) in [6.07, 6.45) is 0. The van der Waals surface area contributed by atoms with Gasteiger partial charge in [0.05, 0.1) is 4.90 Å². The molecule has 2 heterocycles. The van der Waals surface area contributed by atoms with Gasteiger partial charge in [-0.2, -0.15) is 9.29 Å². The predicted molar refractivity (Wildman–Crippen MR) is 103 cm³/mol. The largest absolute Gasteiger partial charge is 0.354 e. The standard InChI is InChI=1S/C18H24FN5O2S/c1-4-20-18-21-14(3)11-17(22-18)23-7-9-24(10-8-23)27(25,26)16-12-15(19)6-5-13(16)2/h5-6,11-12H,4,7-10H2,1-3H3,(H,20,21,22). The Morgan fingerprint density at radius 3 is 2.48 bits per heavy atom. The van der Waals surface area contributed by atoms with Crippen molar-refractivity contribution in [3.63, 3.8) is 0 Å². The third-order valence-corrected chi connectivity index (χ3v) is 6.55. The average molecular weight is 393 g/mol. The van der Waals surface area contributed by atoms with Crippen molar-refractivity contribution >= 4 is 21.8 Å². The maximum absolute atomic E-state index is 13.6. The summed E-state index contributed by atoms with van der Waals surface area (Å²) in [5.41, 5.74) is 1.39. The van der Waals surface area contributed by atoms with Crippen molar-refractivity contribution < 1.29 is 12.8 Å². The van der Waals surface area contributed by atoms with Gasteiger partial charge in [-0.15, -0.1) is 0 Å². The lowest BCUT2D eigenvalue weighted by Gasteiger charge is -2.35. The first-order valence-corrected chi connectivity index (χ1v) is 10.4. The fourth-order valence-electron chi connectivity index (χ4n) is 3.10. The molecule has 1 aliphatic heterocycles. The quantitative estimate of drug-likeness (QED) is 0.839. The number of halogens is 1. The van der Waals surface area contributed by atoms with Crippen LogP contribution in [0.4, 0.5) is 16.2 Å². The molecule has 0 aliphatic carbocycles. The molecular formula is C18H24FN5O2S. The number of nitrogens with zero attached hydrogens (tertiary/aromatic N) is 4. The van der Waals surface area contributed by atoms with Crippen LogP contribution in [0.3, 0.4) is 0 Å². The van der Waals surface area contributed by atoms with E-state index in [2.05, 4.69) is 15.3 Å². The van der Waals surface area contributed by atoms with Crippen LogP contribution in [0, 0.1) is 19.7 Å². The van der Waals surface area contributed by atoms with E-state index < -0.39 is 15.8 Å². The van der Waals surface area contributed by atoms with Crippen molar-refractivity contribution in [2.75, 3.05) is 42.9 Å². The van der Waals surface area contributed by atoms with E-state index in [1.54, 1.807) is 6.92 Å². The molecule has 27 heavy (non-hydrogen) atoms. The molecule has 1 aromatic heterocycles. The van der Waals surface area contributed by atoms with Crippen LogP contribution in [0.15, 0.2) is 29.2 Å². The Morgan fingerprint density at radius 1 is 1.11 bits per heavy atom. The summed E-state index contributed by atoms with van der Waals surface area (Å²) < 4.78 is 40.8. The van der Waals surface area contributed by atoms with Crippen molar-refractivity contribution in [1.29, 1.82) is 0 Å². The van der Waals surface area contributed by atoms with Crippen LogP contribution in [0.25, 0.3) is 0 Å². The maximum atomic E-state index is 13.6. The van der Waals surface area contributed by atoms with E-state index >= 15 is 0 Å². The highest BCUT2D eigenvalue weighted by molar-refractivity contribution is 7.89. The highest BCUT2D eigenvalue weighted by Crippen LogP contribution is 2.24. The number of rotatable bonds is 5. The Balaban J connectivity index is 1.76. The smallest absolute Gasteiger partial charge is 0.243 e. The van der Waals surface area contributed by atoms with E-state index in [9.17, 15) is 12.8 Å². The number of hydrogen-bond acceptors (Lipinski definition) is 6. The van der Waals surface area contributed by atoms with Crippen molar-refractivity contribution in [2.24, 2.45) is 0 Å². The number of aromatic nitrogens is 2. The molecule has 0 amide bonds. The second kappa shape index (κ2) is 7.77. The zero-order valence-electron chi connectivity index (χ0n) is 15.7. The Morgan fingerprint density at radius 2 is 1.81 bits per heavy atom. The number of benzene rings is 1. The Hall–Kier alpha value is -2.26. The number of hydrogen-bond donors (Lipinski definition) is 1. The Bertz CT molecular complexity index is 927. The number of sulfonamides is 1. The fraction of sp³-hybridized carbons (Fsp3) is 0.444. The van der Waals surface area contributed by atoms with Crippen LogP contribution in [0.5, 0.6) is 0 Å². The minimum absolute atomic E-state index is 0.0308. The van der Waals surface area contributed by atoms with Gasteiger partial charge < -0.3 is 10.2 Å². The lowest BCUT2D eigenvalue weighted by atomic mass is 10.2. The van der Waals surface area contributed by atoms with E-state index in [4.69, 9.17) is 0 Å². The molecule has 1 aromatic carbocycles. The van der Waals surface area contributed by atoms with Crippen LogP contribution in [-0.4, -0.2) is 55.4 Å². The zero-order valence-corrected chi connectivity index (χ0v) is 16.6. The van der Waals surface area contributed by atoms with Crippen LogP contribution in [-0.2, 0) is 10.0 Å². The van der Waals surface area contributed by atoms with Gasteiger partial charge >= 0.3 is 0 Å². The first-order valence-electron chi connectivity index (χ1n) is 8.92. The molecule has 1 aliphatic rings. The predicted octanol–water partition coefficient (Wildman–Crippen LogP) is 2.18. The number of nitrogens with one attached hydrogen (secondary N) is 1. The maximum Gasteiger partial charge on any atom is 0.243 e. The van der Waals surface area contributed by atoms with Crippen LogP contribution in [0.1, 0.15) is 18.2 Å². The highest BCUT2D eigenvalue weighted by Gasteiger charge is 2.30. The monoisotopic (exact) mass is 393 g/mol. The molecule has 0 atom stereocenters. The average Bonchev–Trinajstić information content (AvgIpc) is 2.63. The third kappa shape index (κ3) is 4.19. The molecule has 3 rings (SSSR count). The van der Waals surface area contributed by atoms with E-state index in [0.29, 0.717) is 37.7 Å². The summed E-state index contributed by atoms with van der Waals surface area (Å²) in [5, 5.41) is 3.10. The van der Waals surface area contributed by atoms with Gasteiger partial charge in [0.2, 0.25) is 16.0 Å². The van der Waals surface area contributed by atoms with Crippen LogP contribution >= 0.6 is 0 Å². The first-order chi connectivity index (χ1) is 12.8. The van der Waals surface area contributed by atoms with Gasteiger partial charge in [0.1, 0.15) is 11.6 Å². The second-order valence-electron chi connectivity index (χ2n) is 6.52. The van der Waals surface area contributed by atoms with Crippen LogP contribution in [0.2, 0.25) is 0 Å². The van der Waals surface area contributed by atoms with Crippen molar-refractivity contribution in [2.45, 2.75) is 25.7 Å². The molecule has 0 bridgehead atoms. The lowest BCUT2D eigenvalue weighted by molar-refractivity contribution is 0.383. The summed E-state index contributed by atoms with van der Waals surface area (Å²) in [4.78, 5) is 10.9. The van der Waals surface area contributed by atoms with Crippen molar-refractivity contribution in [1.82, 2.24) is 14.3 Å². The number of aryl methyl sites for hydroxylation is 2. The summed E-state index contributed by atoms with van der Waals surface area (Å²) in [6, 6.07) is 5.74. The normalized spacial score (nSPS) is 15.8. The zero-order chi connectivity index (χ0) is 19.6. The SMILES string of the molecule is CCNc1nc(C)cc(N2CCN(S(=O)(=O)c3cc(F)ccc3C)CC2)n1. The molecule has 0 unspecified atom stereocenters. The Labute approximate surface area is 159 Å². The molecule has 1 N–H and O–H groups in total. The number of anilines is 2. The summed E-state index contributed by atoms with van der Waals surface area (Å²) in [7, 11) is -3.72. The minimum Gasteiger partial charge on any atom is -0.354 e. The van der Waals surface area contributed by atoms with Gasteiger partial charge in [-0.3, -0.25) is 0 Å². The van der Waals surface area contributed by atoms with Gasteiger partial charge in [0, 0.05) is 44.5 Å². The van der Waals surface area contributed by atoms with Crippen molar-refractivity contribution in [3.05, 3.63) is 41.3 Å². The van der Waals surface area contributed by atoms with E-state index in [0.717, 1.165) is 24.1 Å². The highest BCUT2D eigenvalue weighted by atomic mass is 32.2. The molecule has 0 saturated carbocycles. The molecular weight excluding hydrogens is 369 g/mol. The minimum atomic E-state index is -3.72. The summed E-state index contributed by atoms with van der Waals surface area (Å²) >= 11 is 0. The van der Waals surface area contributed by atoms with Gasteiger partial charge in [-0.25, -0.2) is 17.8 Å². The third-order valence-electron chi connectivity index (χ3n) is 4.51. The van der Waals surface area contributed by atoms with Crippen molar-refractivity contribution in [3.8, 4) is 0 Å². The second-order valence-corrected chi connectivity index (χ2v) is 8.43. The molecule has 9 heteroatoms. The molecule has 7 nitrogen and oxygen atoms in total. The topological polar surface area (TPSA) is 78.4 Å². The van der Waals surface area contributed by atoms with Gasteiger partial charge in [-0.1, -0.05) is 6.07 Å². The molecule has 1 fully saturated rings. The molecule has 1 saturated heterocycles. The van der Waals surface area contributed by atoms with Crippen LogP contribution < -0.4 is 10.2 Å². The molecule has 146 valence electrons. The van der Waals surface area contributed by atoms with E-state index in [1.165, 1.54) is 16.4 Å². The molecule has 2 aromatic rings. The van der Waals surface area contributed by atoms with E-state index in [1.807, 2.05) is 24.8 Å². The van der Waals surface area contributed by atoms with Gasteiger partial charge in [0.25, 0.3) is 0 Å². The summed E-state index contributed by atoms with van der Waals surface area (Å²) in [6.45, 7) is 7.93. The fourth-order valence-corrected chi connectivity index (χ4v) is 4.76. The lowest BCUT2D eigenvalue weighted by Crippen LogP contribution is -2.49. The molecule has 0 radical (unpaired) electrons. The number of piperazine rings is 1. The Kier molecular flexibility index (Phi) is 5.61. The molecule has 0 spiro atoms. The van der Waals surface area contributed by atoms with Gasteiger partial charge in [0.15, 0.2) is 0 Å². The first kappa shape index (κ1) is 19.5. The van der Waals surface area contributed by atoms with Gasteiger partial charge in [-0.05, 0) is 38.5 Å². The van der Waals surface area contributed by atoms with E-state index in [-0.39, 0.29) is 4.90 Å².